The van der Waals surface area contributed by atoms with E-state index in [0.29, 0.717) is 12.5 Å². The van der Waals surface area contributed by atoms with Crippen molar-refractivity contribution in [2.75, 3.05) is 71.0 Å². The number of nitrogens with two attached hydrogens (primary N) is 1. The van der Waals surface area contributed by atoms with E-state index in [1.54, 1.807) is 7.11 Å². The third-order valence-corrected chi connectivity index (χ3v) is 4.70. The molecule has 1 aliphatic rings. The fourth-order valence-electron chi connectivity index (χ4n) is 3.11. The van der Waals surface area contributed by atoms with Gasteiger partial charge in [0.05, 0.1) is 7.11 Å². The molecule has 1 saturated heterocycles. The maximum absolute atomic E-state index is 5.88. The predicted octanol–water partition coefficient (Wildman–Crippen LogP) is 2.16. The lowest BCUT2D eigenvalue weighted by atomic mass is 10.2. The van der Waals surface area contributed by atoms with Crippen molar-refractivity contribution in [3.05, 3.63) is 24.3 Å². The van der Waals surface area contributed by atoms with Gasteiger partial charge in [-0.3, -0.25) is 9.89 Å². The van der Waals surface area contributed by atoms with Gasteiger partial charge < -0.3 is 25.4 Å². The second kappa shape index (κ2) is 14.7. The summed E-state index contributed by atoms with van der Waals surface area (Å²) in [4.78, 5) is 9.25. The number of nitrogens with one attached hydrogen (secondary N) is 1. The molecule has 1 heterocycles. The maximum atomic E-state index is 5.88. The molecule has 0 saturated carbocycles. The summed E-state index contributed by atoms with van der Waals surface area (Å²) in [5.74, 6) is 1.44. The molecule has 0 bridgehead atoms. The molecule has 28 heavy (non-hydrogen) atoms. The first-order valence-electron chi connectivity index (χ1n) is 9.96. The fourth-order valence-corrected chi connectivity index (χ4v) is 3.11. The number of guanidine groups is 1. The minimum atomic E-state index is 0. The zero-order valence-electron chi connectivity index (χ0n) is 17.2. The predicted molar refractivity (Wildman–Crippen MR) is 127 cm³/mol. The summed E-state index contributed by atoms with van der Waals surface area (Å²) in [5, 5.41) is 3.20. The quantitative estimate of drug-likeness (QED) is 0.208. The third kappa shape index (κ3) is 9.29. The van der Waals surface area contributed by atoms with E-state index < -0.39 is 0 Å². The molecule has 0 radical (unpaired) electrons. The van der Waals surface area contributed by atoms with E-state index in [0.717, 1.165) is 71.1 Å². The Bertz CT molecular complexity index is 548. The lowest BCUT2D eigenvalue weighted by Gasteiger charge is -2.36. The van der Waals surface area contributed by atoms with Crippen molar-refractivity contribution in [3.63, 3.8) is 0 Å². The van der Waals surface area contributed by atoms with Gasteiger partial charge in [0, 0.05) is 58.2 Å². The topological polar surface area (TPSA) is 75.4 Å². The smallest absolute Gasteiger partial charge is 0.188 e. The first-order chi connectivity index (χ1) is 13.2. The van der Waals surface area contributed by atoms with Crippen molar-refractivity contribution in [1.82, 2.24) is 10.2 Å². The van der Waals surface area contributed by atoms with Gasteiger partial charge >= 0.3 is 0 Å². The lowest BCUT2D eigenvalue weighted by Crippen LogP contribution is -2.47. The van der Waals surface area contributed by atoms with E-state index in [9.17, 15) is 0 Å². The van der Waals surface area contributed by atoms with Crippen LogP contribution in [0.1, 0.15) is 19.8 Å². The van der Waals surface area contributed by atoms with Crippen molar-refractivity contribution in [2.24, 2.45) is 10.7 Å². The van der Waals surface area contributed by atoms with Gasteiger partial charge in [-0.25, -0.2) is 0 Å². The van der Waals surface area contributed by atoms with E-state index in [1.807, 2.05) is 19.1 Å². The summed E-state index contributed by atoms with van der Waals surface area (Å²) in [5.41, 5.74) is 7.15. The number of methoxy groups -OCH3 is 1. The monoisotopic (exact) mass is 505 g/mol. The highest BCUT2D eigenvalue weighted by Gasteiger charge is 2.16. The van der Waals surface area contributed by atoms with Crippen LogP contribution in [0.5, 0.6) is 5.75 Å². The van der Waals surface area contributed by atoms with Gasteiger partial charge in [0.15, 0.2) is 5.96 Å². The summed E-state index contributed by atoms with van der Waals surface area (Å²) in [6.07, 6.45) is 1.98. The van der Waals surface area contributed by atoms with Crippen LogP contribution in [0.15, 0.2) is 29.3 Å². The molecule has 0 aromatic heterocycles. The van der Waals surface area contributed by atoms with Gasteiger partial charge in [0.25, 0.3) is 0 Å². The molecule has 0 aliphatic carbocycles. The maximum Gasteiger partial charge on any atom is 0.188 e. The van der Waals surface area contributed by atoms with Crippen LogP contribution in [-0.4, -0.2) is 77.0 Å². The SMILES string of the molecule is CCOCCCN=C(N)NCCCN1CCN(c2ccc(OC)cc2)CC1.I. The molecule has 8 heteroatoms. The largest absolute Gasteiger partial charge is 0.497 e. The van der Waals surface area contributed by atoms with E-state index in [1.165, 1.54) is 5.69 Å². The Balaban J connectivity index is 0.00000392. The molecule has 0 atom stereocenters. The molecule has 2 rings (SSSR count). The van der Waals surface area contributed by atoms with Gasteiger partial charge in [-0.05, 0) is 50.6 Å². The van der Waals surface area contributed by atoms with Gasteiger partial charge in [0.1, 0.15) is 5.75 Å². The summed E-state index contributed by atoms with van der Waals surface area (Å²) < 4.78 is 10.5. The number of benzene rings is 1. The standard InChI is InChI=1S/C20H35N5O2.HI/c1-3-27-17-5-11-23-20(21)22-10-4-12-24-13-15-25(16-14-24)18-6-8-19(26-2)9-7-18;/h6-9H,3-5,10-17H2,1-2H3,(H3,21,22,23);1H. The highest BCUT2D eigenvalue weighted by molar-refractivity contribution is 14.0. The molecule has 1 aromatic rings. The first kappa shape index (κ1) is 24.8. The Hall–Kier alpha value is -1.26. The molecule has 160 valence electrons. The summed E-state index contributed by atoms with van der Waals surface area (Å²) >= 11 is 0. The number of aliphatic imine (C=N–C) groups is 1. The van der Waals surface area contributed by atoms with E-state index in [-0.39, 0.29) is 24.0 Å². The lowest BCUT2D eigenvalue weighted by molar-refractivity contribution is 0.146. The number of anilines is 1. The molecule has 0 unspecified atom stereocenters. The molecule has 1 aliphatic heterocycles. The molecule has 0 amide bonds. The number of ether oxygens (including phenoxy) is 2. The Morgan fingerprint density at radius 2 is 1.86 bits per heavy atom. The number of nitrogens with zero attached hydrogens (tertiary/aromatic N) is 3. The van der Waals surface area contributed by atoms with Crippen LogP contribution in [-0.2, 0) is 4.74 Å². The molecule has 3 N–H and O–H groups in total. The van der Waals surface area contributed by atoms with Crippen LogP contribution in [0.3, 0.4) is 0 Å². The van der Waals surface area contributed by atoms with E-state index in [4.69, 9.17) is 15.2 Å². The molecule has 7 nitrogen and oxygen atoms in total. The van der Waals surface area contributed by atoms with Gasteiger partial charge in [-0.2, -0.15) is 0 Å². The Kier molecular flexibility index (Phi) is 13.0. The highest BCUT2D eigenvalue weighted by atomic mass is 127. The number of rotatable bonds is 11. The Labute approximate surface area is 186 Å². The van der Waals surface area contributed by atoms with Crippen molar-refractivity contribution in [3.8, 4) is 5.75 Å². The molecule has 1 fully saturated rings. The normalized spacial score (nSPS) is 15.2. The molecule has 1 aromatic carbocycles. The fraction of sp³-hybridized carbons (Fsp3) is 0.650. The highest BCUT2D eigenvalue weighted by Crippen LogP contribution is 2.20. The van der Waals surface area contributed by atoms with Gasteiger partial charge in [-0.1, -0.05) is 0 Å². The average molecular weight is 505 g/mol. The van der Waals surface area contributed by atoms with Crippen LogP contribution in [0.4, 0.5) is 5.69 Å². The first-order valence-corrected chi connectivity index (χ1v) is 9.96. The summed E-state index contributed by atoms with van der Waals surface area (Å²) in [7, 11) is 1.70. The summed E-state index contributed by atoms with van der Waals surface area (Å²) in [6, 6.07) is 8.32. The van der Waals surface area contributed by atoms with Crippen LogP contribution >= 0.6 is 24.0 Å². The molecular formula is C20H36IN5O2. The Morgan fingerprint density at radius 3 is 2.50 bits per heavy atom. The van der Waals surface area contributed by atoms with Crippen molar-refractivity contribution in [1.29, 1.82) is 0 Å². The Morgan fingerprint density at radius 1 is 1.14 bits per heavy atom. The zero-order valence-corrected chi connectivity index (χ0v) is 19.6. The minimum Gasteiger partial charge on any atom is -0.497 e. The zero-order chi connectivity index (χ0) is 19.3. The molecule has 0 spiro atoms. The molecular weight excluding hydrogens is 469 g/mol. The second-order valence-corrected chi connectivity index (χ2v) is 6.62. The second-order valence-electron chi connectivity index (χ2n) is 6.62. The van der Waals surface area contributed by atoms with Crippen molar-refractivity contribution < 1.29 is 9.47 Å². The summed E-state index contributed by atoms with van der Waals surface area (Å²) in [6.45, 7) is 10.5. The van der Waals surface area contributed by atoms with Gasteiger partial charge in [0.2, 0.25) is 0 Å². The minimum absolute atomic E-state index is 0. The van der Waals surface area contributed by atoms with Crippen LogP contribution in [0.25, 0.3) is 0 Å². The van der Waals surface area contributed by atoms with Crippen LogP contribution in [0, 0.1) is 0 Å². The number of piperazine rings is 1. The average Bonchev–Trinajstić information content (AvgIpc) is 2.71. The number of hydrogen-bond donors (Lipinski definition) is 2. The van der Waals surface area contributed by atoms with Crippen LogP contribution < -0.4 is 20.7 Å². The third-order valence-electron chi connectivity index (χ3n) is 4.70. The van der Waals surface area contributed by atoms with Crippen molar-refractivity contribution in [2.45, 2.75) is 19.8 Å². The van der Waals surface area contributed by atoms with E-state index in [2.05, 4.69) is 32.2 Å². The van der Waals surface area contributed by atoms with E-state index >= 15 is 0 Å². The number of halogens is 1. The number of hydrogen-bond acceptors (Lipinski definition) is 5. The van der Waals surface area contributed by atoms with Gasteiger partial charge in [-0.15, -0.1) is 24.0 Å². The van der Waals surface area contributed by atoms with Crippen molar-refractivity contribution >= 4 is 35.6 Å². The van der Waals surface area contributed by atoms with Crippen LogP contribution in [0.2, 0.25) is 0 Å².